The minimum Gasteiger partial charge on any atom is -0.395 e. The summed E-state index contributed by atoms with van der Waals surface area (Å²) in [4.78, 5) is 13.9. The van der Waals surface area contributed by atoms with E-state index in [2.05, 4.69) is 15.9 Å². The zero-order valence-electron chi connectivity index (χ0n) is 10.4. The topological polar surface area (TPSA) is 46.3 Å². The highest BCUT2D eigenvalue weighted by Gasteiger charge is 2.14. The maximum Gasteiger partial charge on any atom is 0.176 e. The van der Waals surface area contributed by atoms with Gasteiger partial charge in [-0.25, -0.2) is 4.39 Å². The van der Waals surface area contributed by atoms with Crippen molar-refractivity contribution in [3.8, 4) is 0 Å². The number of carbonyl (C=O) groups is 1. The Hall–Kier alpha value is -0.650. The molecule has 0 radical (unpaired) electrons. The van der Waals surface area contributed by atoms with E-state index < -0.39 is 5.82 Å². The summed E-state index contributed by atoms with van der Waals surface area (Å²) in [5, 5.41) is 0. The number of rotatable bonds is 5. The van der Waals surface area contributed by atoms with Gasteiger partial charge in [0.05, 0.1) is 12.2 Å². The van der Waals surface area contributed by atoms with E-state index >= 15 is 0 Å². The second-order valence-electron chi connectivity index (χ2n) is 3.74. The van der Waals surface area contributed by atoms with Gasteiger partial charge in [0.25, 0.3) is 0 Å². The van der Waals surface area contributed by atoms with Crippen molar-refractivity contribution in [2.24, 2.45) is 0 Å². The third-order valence-electron chi connectivity index (χ3n) is 2.66. The highest BCUT2D eigenvalue weighted by atomic mass is 79.9. The van der Waals surface area contributed by atoms with Crippen LogP contribution < -0.4 is 5.73 Å². The molecule has 0 heterocycles. The van der Waals surface area contributed by atoms with E-state index in [1.807, 2.05) is 18.7 Å². The predicted molar refractivity (Wildman–Crippen MR) is 77.9 cm³/mol. The molecule has 102 valence electrons. The van der Waals surface area contributed by atoms with Gasteiger partial charge in [-0.1, -0.05) is 13.8 Å². The van der Waals surface area contributed by atoms with Crippen LogP contribution >= 0.6 is 28.3 Å². The second-order valence-corrected chi connectivity index (χ2v) is 4.59. The molecule has 0 aliphatic carbocycles. The first-order valence-electron chi connectivity index (χ1n) is 5.49. The van der Waals surface area contributed by atoms with E-state index in [9.17, 15) is 9.18 Å². The lowest BCUT2D eigenvalue weighted by Gasteiger charge is -2.17. The number of hydrogen-bond acceptors (Lipinski definition) is 3. The number of Topliss-reactive ketones (excluding diaryl/α,β-unsaturated/α-hetero) is 1. The molecule has 1 aromatic rings. The summed E-state index contributed by atoms with van der Waals surface area (Å²) in [6.45, 7) is 5.84. The van der Waals surface area contributed by atoms with E-state index in [1.165, 1.54) is 6.07 Å². The van der Waals surface area contributed by atoms with Crippen molar-refractivity contribution in [3.63, 3.8) is 0 Å². The van der Waals surface area contributed by atoms with E-state index in [1.54, 1.807) is 6.07 Å². The number of nitrogen functional groups attached to an aromatic ring is 1. The maximum absolute atomic E-state index is 13.4. The molecule has 0 saturated heterocycles. The molecular weight excluding hydrogens is 322 g/mol. The lowest BCUT2D eigenvalue weighted by molar-refractivity contribution is 0.0937. The lowest BCUT2D eigenvalue weighted by Crippen LogP contribution is -2.29. The number of anilines is 1. The summed E-state index contributed by atoms with van der Waals surface area (Å²) in [5.74, 6) is -0.671. The zero-order valence-corrected chi connectivity index (χ0v) is 12.8. The van der Waals surface area contributed by atoms with Crippen molar-refractivity contribution in [2.75, 3.05) is 25.4 Å². The highest BCUT2D eigenvalue weighted by Crippen LogP contribution is 2.24. The third-order valence-corrected chi connectivity index (χ3v) is 3.32. The average Bonchev–Trinajstić information content (AvgIpc) is 2.31. The number of benzene rings is 1. The number of nitrogens with two attached hydrogens (primary N) is 1. The van der Waals surface area contributed by atoms with E-state index in [-0.39, 0.29) is 23.9 Å². The van der Waals surface area contributed by atoms with Crippen LogP contribution in [0.1, 0.15) is 24.2 Å². The van der Waals surface area contributed by atoms with Crippen molar-refractivity contribution >= 4 is 39.8 Å². The molecule has 18 heavy (non-hydrogen) atoms. The van der Waals surface area contributed by atoms with Crippen molar-refractivity contribution in [1.82, 2.24) is 4.90 Å². The molecule has 3 nitrogen and oxygen atoms in total. The summed E-state index contributed by atoms with van der Waals surface area (Å²) in [6.07, 6.45) is 0. The average molecular weight is 340 g/mol. The Kier molecular flexibility index (Phi) is 7.43. The molecule has 0 saturated carbocycles. The predicted octanol–water partition coefficient (Wildman–Crippen LogP) is 3.12. The first-order chi connectivity index (χ1) is 7.99. The molecule has 0 aliphatic rings. The van der Waals surface area contributed by atoms with Crippen LogP contribution in [-0.4, -0.2) is 30.3 Å². The van der Waals surface area contributed by atoms with Crippen molar-refractivity contribution in [1.29, 1.82) is 0 Å². The van der Waals surface area contributed by atoms with Gasteiger partial charge in [-0.15, -0.1) is 12.4 Å². The molecule has 0 spiro atoms. The van der Waals surface area contributed by atoms with Gasteiger partial charge in [-0.2, -0.15) is 0 Å². The van der Waals surface area contributed by atoms with Gasteiger partial charge in [0.15, 0.2) is 5.78 Å². The summed E-state index contributed by atoms with van der Waals surface area (Å²) < 4.78 is 13.8. The summed E-state index contributed by atoms with van der Waals surface area (Å²) in [7, 11) is 0. The molecule has 6 heteroatoms. The van der Waals surface area contributed by atoms with E-state index in [0.717, 1.165) is 13.1 Å². The first kappa shape index (κ1) is 17.4. The van der Waals surface area contributed by atoms with Crippen LogP contribution in [-0.2, 0) is 0 Å². The van der Waals surface area contributed by atoms with Crippen LogP contribution in [0.5, 0.6) is 0 Å². The molecule has 0 unspecified atom stereocenters. The quantitative estimate of drug-likeness (QED) is 0.662. The van der Waals surface area contributed by atoms with Gasteiger partial charge in [-0.3, -0.25) is 9.69 Å². The maximum atomic E-state index is 13.4. The Morgan fingerprint density at radius 2 is 1.94 bits per heavy atom. The Morgan fingerprint density at radius 1 is 1.39 bits per heavy atom. The summed E-state index contributed by atoms with van der Waals surface area (Å²) in [6, 6.07) is 2.75. The lowest BCUT2D eigenvalue weighted by atomic mass is 10.1. The number of hydrogen-bond donors (Lipinski definition) is 1. The number of ketones is 1. The van der Waals surface area contributed by atoms with Crippen LogP contribution in [0.2, 0.25) is 0 Å². The molecule has 0 atom stereocenters. The number of carbonyl (C=O) groups excluding carboxylic acids is 1. The fourth-order valence-corrected chi connectivity index (χ4v) is 1.92. The fourth-order valence-electron chi connectivity index (χ4n) is 1.49. The molecule has 0 amide bonds. The summed E-state index contributed by atoms with van der Waals surface area (Å²) in [5.41, 5.74) is 5.84. The van der Waals surface area contributed by atoms with E-state index in [4.69, 9.17) is 5.73 Å². The molecule has 0 aromatic heterocycles. The molecule has 0 bridgehead atoms. The SMILES string of the molecule is CCN(CC)CC(=O)c1cc(F)c(N)c(Br)c1.Cl. The van der Waals surface area contributed by atoms with Crippen LogP contribution in [0.3, 0.4) is 0 Å². The van der Waals surface area contributed by atoms with Gasteiger partial charge >= 0.3 is 0 Å². The zero-order chi connectivity index (χ0) is 13.0. The third kappa shape index (κ3) is 4.23. The van der Waals surface area contributed by atoms with Gasteiger partial charge in [0.1, 0.15) is 5.82 Å². The van der Waals surface area contributed by atoms with Crippen LogP contribution in [0.25, 0.3) is 0 Å². The molecular formula is C12H17BrClFN2O. The molecule has 2 N–H and O–H groups in total. The fraction of sp³-hybridized carbons (Fsp3) is 0.417. The molecule has 1 rings (SSSR count). The van der Waals surface area contributed by atoms with Gasteiger partial charge in [0.2, 0.25) is 0 Å². The Morgan fingerprint density at radius 3 is 2.39 bits per heavy atom. The minimum absolute atomic E-state index is 0. The van der Waals surface area contributed by atoms with Crippen LogP contribution in [0.15, 0.2) is 16.6 Å². The standard InChI is InChI=1S/C12H16BrFN2O.ClH/c1-3-16(4-2)7-11(17)8-5-9(13)12(15)10(14)6-8;/h5-6H,3-4,7,15H2,1-2H3;1H. The highest BCUT2D eigenvalue weighted by molar-refractivity contribution is 9.10. The molecule has 0 aliphatic heterocycles. The largest absolute Gasteiger partial charge is 0.395 e. The second kappa shape index (κ2) is 7.71. The Labute approximate surface area is 121 Å². The molecule has 1 aromatic carbocycles. The van der Waals surface area contributed by atoms with Crippen molar-refractivity contribution < 1.29 is 9.18 Å². The first-order valence-corrected chi connectivity index (χ1v) is 6.28. The van der Waals surface area contributed by atoms with Gasteiger partial charge < -0.3 is 5.73 Å². The van der Waals surface area contributed by atoms with Crippen LogP contribution in [0.4, 0.5) is 10.1 Å². The smallest absolute Gasteiger partial charge is 0.176 e. The van der Waals surface area contributed by atoms with Crippen molar-refractivity contribution in [3.05, 3.63) is 28.0 Å². The Bertz CT molecular complexity index is 402. The normalized spacial score (nSPS) is 10.3. The minimum atomic E-state index is -0.567. The molecule has 0 fully saturated rings. The Balaban J connectivity index is 0.00000289. The number of likely N-dealkylation sites (N-methyl/N-ethyl adjacent to an activating group) is 1. The van der Waals surface area contributed by atoms with E-state index in [0.29, 0.717) is 16.6 Å². The van der Waals surface area contributed by atoms with Crippen molar-refractivity contribution in [2.45, 2.75) is 13.8 Å². The van der Waals surface area contributed by atoms with Crippen LogP contribution in [0, 0.1) is 5.82 Å². The van der Waals surface area contributed by atoms with Gasteiger partial charge in [0, 0.05) is 10.0 Å². The number of halogens is 3. The summed E-state index contributed by atoms with van der Waals surface area (Å²) >= 11 is 3.13. The monoisotopic (exact) mass is 338 g/mol. The van der Waals surface area contributed by atoms with Gasteiger partial charge in [-0.05, 0) is 41.2 Å². The number of nitrogens with zero attached hydrogens (tertiary/aromatic N) is 1.